The molecule has 0 N–H and O–H groups in total. The van der Waals surface area contributed by atoms with E-state index in [0.717, 1.165) is 24.5 Å². The number of rotatable bonds is 3. The fourth-order valence-electron chi connectivity index (χ4n) is 2.04. The van der Waals surface area contributed by atoms with Crippen LogP contribution in [0.3, 0.4) is 0 Å². The van der Waals surface area contributed by atoms with Gasteiger partial charge in [0, 0.05) is 24.5 Å². The highest BCUT2D eigenvalue weighted by Gasteiger charge is 2.13. The van der Waals surface area contributed by atoms with Crippen molar-refractivity contribution < 1.29 is 8.42 Å². The van der Waals surface area contributed by atoms with Gasteiger partial charge in [0.05, 0.1) is 10.6 Å². The molecule has 1 heterocycles. The van der Waals surface area contributed by atoms with E-state index < -0.39 is 9.84 Å². The third-order valence-corrected chi connectivity index (χ3v) is 5.96. The molecule has 3 nitrogen and oxygen atoms in total. The number of hydrogen-bond donors (Lipinski definition) is 0. The molecule has 1 aliphatic rings. The Kier molecular flexibility index (Phi) is 4.56. The fraction of sp³-hybridized carbons (Fsp3) is 0.538. The quantitative estimate of drug-likeness (QED) is 0.855. The number of thioether (sulfide) groups is 1. The van der Waals surface area contributed by atoms with Crippen LogP contribution in [0.25, 0.3) is 0 Å². The van der Waals surface area contributed by atoms with E-state index in [1.807, 2.05) is 23.9 Å². The second-order valence-electron chi connectivity index (χ2n) is 4.35. The summed E-state index contributed by atoms with van der Waals surface area (Å²) < 4.78 is 23.5. The summed E-state index contributed by atoms with van der Waals surface area (Å²) in [5.74, 6) is 2.53. The fourth-order valence-corrected chi connectivity index (χ4v) is 3.81. The maximum atomic E-state index is 11.7. The summed E-state index contributed by atoms with van der Waals surface area (Å²) in [6.07, 6.45) is 1.19. The largest absolute Gasteiger partial charge is 0.371 e. The molecule has 0 aromatic heterocycles. The molecular weight excluding hydrogens is 266 g/mol. The smallest absolute Gasteiger partial charge is 0.178 e. The molecule has 1 saturated heterocycles. The van der Waals surface area contributed by atoms with Crippen LogP contribution in [0, 0.1) is 0 Å². The molecule has 0 amide bonds. The highest BCUT2D eigenvalue weighted by molar-refractivity contribution is 7.99. The maximum absolute atomic E-state index is 11.7. The molecule has 0 bridgehead atoms. The Morgan fingerprint density at radius 1 is 1.17 bits per heavy atom. The highest BCUT2D eigenvalue weighted by atomic mass is 32.2. The number of anilines is 1. The van der Waals surface area contributed by atoms with Crippen molar-refractivity contribution in [1.29, 1.82) is 0 Å². The molecule has 0 atom stereocenters. The van der Waals surface area contributed by atoms with Gasteiger partial charge in [0.25, 0.3) is 0 Å². The molecule has 1 aromatic carbocycles. The van der Waals surface area contributed by atoms with E-state index in [1.54, 1.807) is 19.1 Å². The van der Waals surface area contributed by atoms with Crippen molar-refractivity contribution in [3.63, 3.8) is 0 Å². The van der Waals surface area contributed by atoms with Crippen molar-refractivity contribution in [2.75, 3.05) is 35.2 Å². The first-order valence-electron chi connectivity index (χ1n) is 6.29. The monoisotopic (exact) mass is 285 g/mol. The third-order valence-electron chi connectivity index (χ3n) is 3.16. The summed E-state index contributed by atoms with van der Waals surface area (Å²) in [6.45, 7) is 3.78. The van der Waals surface area contributed by atoms with E-state index in [9.17, 15) is 8.42 Å². The molecule has 1 fully saturated rings. The van der Waals surface area contributed by atoms with Gasteiger partial charge in [-0.25, -0.2) is 8.42 Å². The molecule has 18 heavy (non-hydrogen) atoms. The number of sulfone groups is 1. The van der Waals surface area contributed by atoms with Crippen LogP contribution in [-0.4, -0.2) is 38.8 Å². The number of hydrogen-bond acceptors (Lipinski definition) is 4. The maximum Gasteiger partial charge on any atom is 0.178 e. The van der Waals surface area contributed by atoms with Crippen LogP contribution in [0.4, 0.5) is 5.69 Å². The Labute approximate surface area is 113 Å². The normalized spacial score (nSPS) is 17.5. The number of benzene rings is 1. The van der Waals surface area contributed by atoms with Gasteiger partial charge in [0.15, 0.2) is 9.84 Å². The van der Waals surface area contributed by atoms with E-state index in [-0.39, 0.29) is 5.75 Å². The van der Waals surface area contributed by atoms with E-state index in [4.69, 9.17) is 0 Å². The Morgan fingerprint density at radius 2 is 1.89 bits per heavy atom. The lowest BCUT2D eigenvalue weighted by molar-refractivity contribution is 0.597. The average molecular weight is 285 g/mol. The molecule has 2 rings (SSSR count). The molecule has 5 heteroatoms. The second-order valence-corrected chi connectivity index (χ2v) is 7.85. The van der Waals surface area contributed by atoms with Crippen molar-refractivity contribution in [3.05, 3.63) is 24.3 Å². The van der Waals surface area contributed by atoms with Crippen molar-refractivity contribution in [2.45, 2.75) is 18.2 Å². The zero-order chi connectivity index (χ0) is 13.0. The molecule has 0 radical (unpaired) electrons. The molecule has 0 unspecified atom stereocenters. The Morgan fingerprint density at radius 3 is 2.56 bits per heavy atom. The molecule has 1 aliphatic heterocycles. The first-order valence-corrected chi connectivity index (χ1v) is 9.09. The first-order chi connectivity index (χ1) is 8.63. The van der Waals surface area contributed by atoms with Crippen LogP contribution in [0.15, 0.2) is 29.2 Å². The van der Waals surface area contributed by atoms with Crippen molar-refractivity contribution in [2.24, 2.45) is 0 Å². The minimum atomic E-state index is -3.08. The summed E-state index contributed by atoms with van der Waals surface area (Å²) in [5.41, 5.74) is 1.13. The van der Waals surface area contributed by atoms with E-state index in [2.05, 4.69) is 4.90 Å². The molecule has 0 aliphatic carbocycles. The van der Waals surface area contributed by atoms with Gasteiger partial charge in [-0.1, -0.05) is 6.92 Å². The summed E-state index contributed by atoms with van der Waals surface area (Å²) >= 11 is 1.99. The van der Waals surface area contributed by atoms with Gasteiger partial charge in [0.1, 0.15) is 0 Å². The predicted octanol–water partition coefficient (Wildman–Crippen LogP) is 2.42. The lowest BCUT2D eigenvalue weighted by atomic mass is 10.2. The standard InChI is InChI=1S/C13H19NO2S2/c1-2-18(15,16)13-6-4-12(5-7-13)14-8-3-10-17-11-9-14/h4-7H,2-3,8-11H2,1H3. The lowest BCUT2D eigenvalue weighted by Gasteiger charge is -2.22. The van der Waals surface area contributed by atoms with Crippen LogP contribution in [-0.2, 0) is 9.84 Å². The van der Waals surface area contributed by atoms with Gasteiger partial charge in [0.2, 0.25) is 0 Å². The summed E-state index contributed by atoms with van der Waals surface area (Å²) in [6, 6.07) is 7.31. The molecule has 100 valence electrons. The summed E-state index contributed by atoms with van der Waals surface area (Å²) in [4.78, 5) is 2.76. The first kappa shape index (κ1) is 13.7. The summed E-state index contributed by atoms with van der Waals surface area (Å²) in [7, 11) is -3.08. The van der Waals surface area contributed by atoms with Crippen LogP contribution < -0.4 is 4.90 Å². The van der Waals surface area contributed by atoms with Gasteiger partial charge < -0.3 is 4.90 Å². The molecule has 0 saturated carbocycles. The van der Waals surface area contributed by atoms with E-state index >= 15 is 0 Å². The Balaban J connectivity index is 2.16. The van der Waals surface area contributed by atoms with Crippen molar-refractivity contribution in [1.82, 2.24) is 0 Å². The Hall–Kier alpha value is -0.680. The minimum Gasteiger partial charge on any atom is -0.371 e. The van der Waals surface area contributed by atoms with Gasteiger partial charge in [-0.3, -0.25) is 0 Å². The highest BCUT2D eigenvalue weighted by Crippen LogP contribution is 2.21. The van der Waals surface area contributed by atoms with Gasteiger partial charge in [-0.05, 0) is 36.4 Å². The van der Waals surface area contributed by atoms with Crippen molar-refractivity contribution in [3.8, 4) is 0 Å². The van der Waals surface area contributed by atoms with Crippen LogP contribution >= 0.6 is 11.8 Å². The lowest BCUT2D eigenvalue weighted by Crippen LogP contribution is -2.25. The third kappa shape index (κ3) is 3.20. The van der Waals surface area contributed by atoms with Crippen LogP contribution in [0.2, 0.25) is 0 Å². The van der Waals surface area contributed by atoms with E-state index in [0.29, 0.717) is 4.90 Å². The zero-order valence-electron chi connectivity index (χ0n) is 10.6. The SMILES string of the molecule is CCS(=O)(=O)c1ccc(N2CCCSCC2)cc1. The van der Waals surface area contributed by atoms with Gasteiger partial charge in [-0.15, -0.1) is 0 Å². The molecule has 0 spiro atoms. The number of nitrogens with zero attached hydrogens (tertiary/aromatic N) is 1. The van der Waals surface area contributed by atoms with Gasteiger partial charge >= 0.3 is 0 Å². The molecule has 1 aromatic rings. The van der Waals surface area contributed by atoms with Crippen LogP contribution in [0.1, 0.15) is 13.3 Å². The Bertz CT molecular complexity index is 474. The van der Waals surface area contributed by atoms with Crippen LogP contribution in [0.5, 0.6) is 0 Å². The van der Waals surface area contributed by atoms with Gasteiger partial charge in [-0.2, -0.15) is 11.8 Å². The predicted molar refractivity (Wildman–Crippen MR) is 78.3 cm³/mol. The molecular formula is C13H19NO2S2. The topological polar surface area (TPSA) is 37.4 Å². The second kappa shape index (κ2) is 5.97. The minimum absolute atomic E-state index is 0.159. The zero-order valence-corrected chi connectivity index (χ0v) is 12.3. The summed E-state index contributed by atoms with van der Waals surface area (Å²) in [5, 5.41) is 0. The average Bonchev–Trinajstić information content (AvgIpc) is 2.68. The van der Waals surface area contributed by atoms with E-state index in [1.165, 1.54) is 12.2 Å². The van der Waals surface area contributed by atoms with Crippen molar-refractivity contribution >= 4 is 27.3 Å².